The first-order valence-corrected chi connectivity index (χ1v) is 1.76. The van der Waals surface area contributed by atoms with Gasteiger partial charge in [0, 0.05) is 0 Å². The summed E-state index contributed by atoms with van der Waals surface area (Å²) >= 11 is -3.11. The zero-order valence-electron chi connectivity index (χ0n) is 5.07. The smallest absolute Gasteiger partial charge is 0.784 e. The van der Waals surface area contributed by atoms with E-state index in [0.717, 1.165) is 0 Å². The van der Waals surface area contributed by atoms with Gasteiger partial charge in [-0.05, 0) is 0 Å². The van der Waals surface area contributed by atoms with Gasteiger partial charge in [-0.3, -0.25) is 4.21 Å². The van der Waals surface area contributed by atoms with Crippen molar-refractivity contribution in [2.45, 2.75) is 0 Å². The zero-order chi connectivity index (χ0) is 5.58. The minimum Gasteiger partial charge on any atom is -0.784 e. The van der Waals surface area contributed by atoms with E-state index in [-0.39, 0.29) is 71.5 Å². The Labute approximate surface area is 106 Å². The van der Waals surface area contributed by atoms with Gasteiger partial charge in [-0.2, -0.15) is 0 Å². The normalized spacial score (nSPS) is 4.56. The second-order valence-corrected chi connectivity index (χ2v) is 0.612. The monoisotopic (exact) mass is 195 g/mol. The zero-order valence-corrected chi connectivity index (χ0v) is 10.7. The Balaban J connectivity index is -0.00000000990. The fraction of sp³-hybridized carbons (Fsp3) is 0. The molecule has 0 heterocycles. The van der Waals surface area contributed by atoms with Crippen molar-refractivity contribution in [2.75, 3.05) is 0 Å². The first kappa shape index (κ1) is 30.2. The van der Waals surface area contributed by atoms with E-state index in [0.29, 0.717) is 0 Å². The van der Waals surface area contributed by atoms with E-state index in [4.69, 9.17) is 18.5 Å². The van der Waals surface area contributed by atoms with Crippen LogP contribution < -0.4 is 65.0 Å². The summed E-state index contributed by atoms with van der Waals surface area (Å²) in [6, 6.07) is 0. The Kier molecular flexibility index (Phi) is 107. The number of halogens is 1. The maximum Gasteiger partial charge on any atom is 1.00 e. The van der Waals surface area contributed by atoms with E-state index in [9.17, 15) is 0 Å². The first-order chi connectivity index (χ1) is 2.73. The third kappa shape index (κ3) is 136. The summed E-state index contributed by atoms with van der Waals surface area (Å²) in [6.07, 6.45) is 0. The first-order valence-electron chi connectivity index (χ1n) is 0.758. The molecule has 0 aromatic heterocycles. The van der Waals surface area contributed by atoms with Gasteiger partial charge in [-0.1, -0.05) is 0 Å². The summed E-state index contributed by atoms with van der Waals surface area (Å²) in [4.78, 5) is 0. The van der Waals surface area contributed by atoms with Crippen LogP contribution in [0.15, 0.2) is 0 Å². The Morgan fingerprint density at radius 2 is 1.22 bits per heavy atom. The van der Waals surface area contributed by atoms with Crippen LogP contribution in [-0.4, -0.2) is 18.5 Å². The molecule has 0 rings (SSSR count). The van der Waals surface area contributed by atoms with Crippen LogP contribution in [0, 0.1) is 0 Å². The third-order valence-electron chi connectivity index (χ3n) is 0. The molecule has 0 aromatic carbocycles. The summed E-state index contributed by atoms with van der Waals surface area (Å²) in [5, 5.41) is 6.50. The van der Waals surface area contributed by atoms with E-state index in [1.165, 1.54) is 0 Å². The van der Waals surface area contributed by atoms with Crippen molar-refractivity contribution in [1.82, 2.24) is 0 Å². The molecule has 0 bridgehead atoms. The van der Waals surface area contributed by atoms with Crippen molar-refractivity contribution in [3.8, 4) is 0 Å². The van der Waals surface area contributed by atoms with Crippen molar-refractivity contribution in [2.24, 2.45) is 5.90 Å². The van der Waals surface area contributed by atoms with Crippen molar-refractivity contribution < 1.29 is 77.6 Å². The van der Waals surface area contributed by atoms with E-state index >= 15 is 0 Å². The van der Waals surface area contributed by atoms with E-state index in [1.54, 1.807) is 0 Å². The minimum absolute atomic E-state index is 0. The predicted molar refractivity (Wildman–Crippen MR) is 22.9 cm³/mol. The molecule has 9 heteroatoms. The summed E-state index contributed by atoms with van der Waals surface area (Å²) in [5.41, 5.74) is 0. The van der Waals surface area contributed by atoms with E-state index in [1.807, 2.05) is 0 Å². The number of hydrogen-bond donors (Lipinski definition) is 2. The SMILES string of the molecule is Cl.NO.O=S([O-])[O-].[Na+].[Na+]. The fourth-order valence-corrected chi connectivity index (χ4v) is 0. The van der Waals surface area contributed by atoms with Crippen LogP contribution in [0.5, 0.6) is 0 Å². The van der Waals surface area contributed by atoms with Gasteiger partial charge < -0.3 is 14.3 Å². The summed E-state index contributed by atoms with van der Waals surface area (Å²) < 4.78 is 25.3. The van der Waals surface area contributed by atoms with Crippen LogP contribution in [-0.2, 0) is 11.4 Å². The molecule has 0 aliphatic rings. The van der Waals surface area contributed by atoms with E-state index in [2.05, 4.69) is 5.90 Å². The molecule has 0 aliphatic carbocycles. The Bertz CT molecular complexity index is 41.5. The molecule has 0 radical (unpaired) electrons. The molecule has 3 N–H and O–H groups in total. The average Bonchev–Trinajstić information content (AvgIpc) is 1.41. The molecule has 9 heavy (non-hydrogen) atoms. The fourth-order valence-electron chi connectivity index (χ4n) is 0. The molecule has 0 atom stereocenters. The molecule has 0 saturated carbocycles. The molecule has 0 aliphatic heterocycles. The topological polar surface area (TPSA) is 109 Å². The summed E-state index contributed by atoms with van der Waals surface area (Å²) in [7, 11) is 0. The van der Waals surface area contributed by atoms with Gasteiger partial charge in [0.2, 0.25) is 0 Å². The van der Waals surface area contributed by atoms with Crippen molar-refractivity contribution in [1.29, 1.82) is 0 Å². The van der Waals surface area contributed by atoms with Crippen LogP contribution in [0.2, 0.25) is 0 Å². The van der Waals surface area contributed by atoms with Crippen LogP contribution in [0.3, 0.4) is 0 Å². The Hall–Kier alpha value is 2.28. The summed E-state index contributed by atoms with van der Waals surface area (Å²) in [5.74, 6) is 3.50. The second kappa shape index (κ2) is 31.8. The van der Waals surface area contributed by atoms with Gasteiger partial charge in [0.1, 0.15) is 0 Å². The van der Waals surface area contributed by atoms with Crippen LogP contribution in [0.25, 0.3) is 0 Å². The average molecular weight is 196 g/mol. The molecule has 0 unspecified atom stereocenters. The Morgan fingerprint density at radius 3 is 1.22 bits per heavy atom. The van der Waals surface area contributed by atoms with Crippen molar-refractivity contribution >= 4 is 23.8 Å². The molecule has 0 aromatic rings. The molecule has 5 nitrogen and oxygen atoms in total. The molecular formula is H4ClNNa2O4S. The number of nitrogens with two attached hydrogens (primary N) is 1. The van der Waals surface area contributed by atoms with Crippen LogP contribution in [0.4, 0.5) is 0 Å². The molecule has 0 fully saturated rings. The predicted octanol–water partition coefficient (Wildman–Crippen LogP) is -7.24. The van der Waals surface area contributed by atoms with Gasteiger partial charge in [0.25, 0.3) is 0 Å². The molecule has 0 spiro atoms. The quantitative estimate of drug-likeness (QED) is 0.227. The van der Waals surface area contributed by atoms with E-state index < -0.39 is 11.4 Å². The number of hydrogen-bond acceptors (Lipinski definition) is 5. The van der Waals surface area contributed by atoms with Crippen molar-refractivity contribution in [3.05, 3.63) is 0 Å². The van der Waals surface area contributed by atoms with Crippen molar-refractivity contribution in [3.63, 3.8) is 0 Å². The van der Waals surface area contributed by atoms with Crippen LogP contribution >= 0.6 is 12.4 Å². The maximum absolute atomic E-state index is 8.44. The Morgan fingerprint density at radius 1 is 1.22 bits per heavy atom. The molecule has 48 valence electrons. The second-order valence-electron chi connectivity index (χ2n) is 0.204. The third-order valence-corrected chi connectivity index (χ3v) is 0. The summed E-state index contributed by atoms with van der Waals surface area (Å²) in [6.45, 7) is 0. The van der Waals surface area contributed by atoms with Crippen LogP contribution in [0.1, 0.15) is 0 Å². The van der Waals surface area contributed by atoms with Gasteiger partial charge in [-0.25, -0.2) is 5.90 Å². The molecule has 0 amide bonds. The largest absolute Gasteiger partial charge is 1.00 e. The van der Waals surface area contributed by atoms with Gasteiger partial charge in [0.15, 0.2) is 0 Å². The molecular weight excluding hydrogens is 192 g/mol. The van der Waals surface area contributed by atoms with Gasteiger partial charge >= 0.3 is 59.1 Å². The minimum atomic E-state index is -3.11. The maximum atomic E-state index is 8.44. The standard InChI is InChI=1S/ClH.H3NO.2Na.H2O3S/c;1-2;;;1-4(2)3/h1H;2H,1H2;;;(H2,1,2,3)/q;;2*+1;/p-2. The molecule has 0 saturated heterocycles. The van der Waals surface area contributed by atoms with Gasteiger partial charge in [-0.15, -0.1) is 23.8 Å². The van der Waals surface area contributed by atoms with Gasteiger partial charge in [0.05, 0.1) is 0 Å². The number of rotatable bonds is 0.